The number of carbonyl (C=O) groups is 1. The minimum absolute atomic E-state index is 0.0260. The van der Waals surface area contributed by atoms with Crippen molar-refractivity contribution in [2.75, 3.05) is 6.73 Å². The molecular formula is C9H10N2O5. The molecule has 0 heterocycles. The minimum Gasteiger partial charge on any atom is -0.478 e. The first-order valence-electron chi connectivity index (χ1n) is 4.32. The molecule has 0 saturated carbocycles. The van der Waals surface area contributed by atoms with Crippen molar-refractivity contribution >= 4 is 11.7 Å². The maximum atomic E-state index is 10.8. The first-order chi connectivity index (χ1) is 7.47. The Hall–Kier alpha value is -2.15. The minimum atomic E-state index is -1.30. The van der Waals surface area contributed by atoms with Crippen molar-refractivity contribution in [1.29, 1.82) is 0 Å². The van der Waals surface area contributed by atoms with Crippen molar-refractivity contribution in [2.45, 2.75) is 6.92 Å². The Kier molecular flexibility index (Phi) is 3.41. The molecule has 0 atom stereocenters. The second kappa shape index (κ2) is 4.58. The van der Waals surface area contributed by atoms with Crippen LogP contribution < -0.4 is 10.5 Å². The van der Waals surface area contributed by atoms with Crippen molar-refractivity contribution < 1.29 is 19.6 Å². The van der Waals surface area contributed by atoms with Gasteiger partial charge in [0.1, 0.15) is 18.0 Å². The van der Waals surface area contributed by atoms with E-state index < -0.39 is 10.9 Å². The summed E-state index contributed by atoms with van der Waals surface area (Å²) in [5, 5.41) is 19.5. The normalized spacial score (nSPS) is 9.88. The molecule has 3 N–H and O–H groups in total. The van der Waals surface area contributed by atoms with Gasteiger partial charge in [-0.05, 0) is 13.0 Å². The maximum absolute atomic E-state index is 10.8. The number of aryl methyl sites for hydroxylation is 1. The van der Waals surface area contributed by atoms with Gasteiger partial charge in [0, 0.05) is 11.6 Å². The number of carboxylic acid groups (broad SMARTS) is 1. The third-order valence-corrected chi connectivity index (χ3v) is 1.96. The van der Waals surface area contributed by atoms with E-state index in [9.17, 15) is 14.9 Å². The van der Waals surface area contributed by atoms with E-state index in [-0.39, 0.29) is 23.7 Å². The number of benzene rings is 1. The number of aromatic carboxylic acids is 1. The molecule has 0 spiro atoms. The zero-order chi connectivity index (χ0) is 12.3. The van der Waals surface area contributed by atoms with Crippen LogP contribution in [0.15, 0.2) is 12.1 Å². The Morgan fingerprint density at radius 3 is 2.69 bits per heavy atom. The molecule has 0 radical (unpaired) electrons. The van der Waals surface area contributed by atoms with Crippen LogP contribution in [0.4, 0.5) is 5.69 Å². The average molecular weight is 226 g/mol. The number of hydrogen-bond acceptors (Lipinski definition) is 5. The van der Waals surface area contributed by atoms with E-state index in [1.54, 1.807) is 0 Å². The SMILES string of the molecule is Cc1cc(OCN)c(C(=O)O)cc1[N+](=O)[O-]. The van der Waals surface area contributed by atoms with Gasteiger partial charge in [-0.3, -0.25) is 15.8 Å². The molecule has 0 aliphatic heterocycles. The average Bonchev–Trinajstić information content (AvgIpc) is 2.17. The number of nitro groups is 1. The second-order valence-corrected chi connectivity index (χ2v) is 3.01. The van der Waals surface area contributed by atoms with E-state index >= 15 is 0 Å². The second-order valence-electron chi connectivity index (χ2n) is 3.01. The molecule has 1 aromatic carbocycles. The van der Waals surface area contributed by atoms with Crippen molar-refractivity contribution in [3.05, 3.63) is 33.4 Å². The van der Waals surface area contributed by atoms with Gasteiger partial charge in [0.05, 0.1) is 4.92 Å². The summed E-state index contributed by atoms with van der Waals surface area (Å²) in [5.74, 6) is -1.27. The third kappa shape index (κ3) is 2.26. The number of nitrogens with zero attached hydrogens (tertiary/aromatic N) is 1. The molecule has 0 aliphatic carbocycles. The first kappa shape index (κ1) is 11.9. The van der Waals surface area contributed by atoms with Gasteiger partial charge in [0.25, 0.3) is 5.69 Å². The van der Waals surface area contributed by atoms with E-state index in [4.69, 9.17) is 15.6 Å². The van der Waals surface area contributed by atoms with Crippen molar-refractivity contribution in [3.8, 4) is 5.75 Å². The zero-order valence-corrected chi connectivity index (χ0v) is 8.47. The molecular weight excluding hydrogens is 216 g/mol. The van der Waals surface area contributed by atoms with Crippen LogP contribution in [0.2, 0.25) is 0 Å². The Bertz CT molecular complexity index is 444. The maximum Gasteiger partial charge on any atom is 0.339 e. The Morgan fingerprint density at radius 2 is 2.25 bits per heavy atom. The number of nitro benzene ring substituents is 1. The van der Waals surface area contributed by atoms with Crippen molar-refractivity contribution in [1.82, 2.24) is 0 Å². The number of ether oxygens (including phenoxy) is 1. The lowest BCUT2D eigenvalue weighted by Crippen LogP contribution is -2.11. The highest BCUT2D eigenvalue weighted by molar-refractivity contribution is 5.92. The lowest BCUT2D eigenvalue weighted by atomic mass is 10.1. The van der Waals surface area contributed by atoms with Gasteiger partial charge in [-0.25, -0.2) is 4.79 Å². The topological polar surface area (TPSA) is 116 Å². The fourth-order valence-electron chi connectivity index (χ4n) is 1.24. The summed E-state index contributed by atoms with van der Waals surface area (Å²) < 4.78 is 4.89. The lowest BCUT2D eigenvalue weighted by molar-refractivity contribution is -0.385. The van der Waals surface area contributed by atoms with E-state index in [0.717, 1.165) is 6.07 Å². The summed E-state index contributed by atoms with van der Waals surface area (Å²) in [6.07, 6.45) is 0. The van der Waals surface area contributed by atoms with Crippen molar-refractivity contribution in [3.63, 3.8) is 0 Å². The Labute approximate surface area is 90.6 Å². The van der Waals surface area contributed by atoms with Crippen LogP contribution in [0.3, 0.4) is 0 Å². The molecule has 0 aromatic heterocycles. The molecule has 16 heavy (non-hydrogen) atoms. The summed E-state index contributed by atoms with van der Waals surface area (Å²) >= 11 is 0. The van der Waals surface area contributed by atoms with Crippen molar-refractivity contribution in [2.24, 2.45) is 5.73 Å². The Morgan fingerprint density at radius 1 is 1.62 bits per heavy atom. The summed E-state index contributed by atoms with van der Waals surface area (Å²) in [7, 11) is 0. The molecule has 1 rings (SSSR count). The molecule has 0 fully saturated rings. The summed E-state index contributed by atoms with van der Waals surface area (Å²) in [6, 6.07) is 2.25. The van der Waals surface area contributed by atoms with Crippen LogP contribution in [0.5, 0.6) is 5.75 Å². The van der Waals surface area contributed by atoms with Crippen LogP contribution in [0.1, 0.15) is 15.9 Å². The fourth-order valence-corrected chi connectivity index (χ4v) is 1.24. The van der Waals surface area contributed by atoms with Gasteiger partial charge >= 0.3 is 5.97 Å². The first-order valence-corrected chi connectivity index (χ1v) is 4.32. The molecule has 7 nitrogen and oxygen atoms in total. The highest BCUT2D eigenvalue weighted by Gasteiger charge is 2.20. The molecule has 0 unspecified atom stereocenters. The molecule has 0 saturated heterocycles. The zero-order valence-electron chi connectivity index (χ0n) is 8.47. The third-order valence-electron chi connectivity index (χ3n) is 1.96. The molecule has 7 heteroatoms. The Balaban J connectivity index is 3.36. The van der Waals surface area contributed by atoms with E-state index in [2.05, 4.69) is 0 Å². The van der Waals surface area contributed by atoms with Crippen LogP contribution in [0, 0.1) is 17.0 Å². The quantitative estimate of drug-likeness (QED) is 0.447. The van der Waals surface area contributed by atoms with Gasteiger partial charge in [0.2, 0.25) is 0 Å². The van der Waals surface area contributed by atoms with E-state index in [1.165, 1.54) is 13.0 Å². The van der Waals surface area contributed by atoms with Crippen LogP contribution >= 0.6 is 0 Å². The van der Waals surface area contributed by atoms with E-state index in [0.29, 0.717) is 5.56 Å². The van der Waals surface area contributed by atoms with Gasteiger partial charge in [0.15, 0.2) is 0 Å². The molecule has 86 valence electrons. The van der Waals surface area contributed by atoms with Crippen LogP contribution in [-0.2, 0) is 0 Å². The predicted octanol–water partition coefficient (Wildman–Crippen LogP) is 0.896. The smallest absolute Gasteiger partial charge is 0.339 e. The van der Waals surface area contributed by atoms with Gasteiger partial charge < -0.3 is 9.84 Å². The largest absolute Gasteiger partial charge is 0.478 e. The van der Waals surface area contributed by atoms with Crippen LogP contribution in [0.25, 0.3) is 0 Å². The predicted molar refractivity (Wildman–Crippen MR) is 54.5 cm³/mol. The fraction of sp³-hybridized carbons (Fsp3) is 0.222. The summed E-state index contributed by atoms with van der Waals surface area (Å²) in [4.78, 5) is 20.8. The summed E-state index contributed by atoms with van der Waals surface area (Å²) in [6.45, 7) is 1.30. The van der Waals surface area contributed by atoms with Gasteiger partial charge in [-0.1, -0.05) is 0 Å². The lowest BCUT2D eigenvalue weighted by Gasteiger charge is -2.08. The van der Waals surface area contributed by atoms with Crippen LogP contribution in [-0.4, -0.2) is 22.7 Å². The highest BCUT2D eigenvalue weighted by atomic mass is 16.6. The van der Waals surface area contributed by atoms with Gasteiger partial charge in [-0.2, -0.15) is 0 Å². The van der Waals surface area contributed by atoms with E-state index in [1.807, 2.05) is 0 Å². The number of nitrogens with two attached hydrogens (primary N) is 1. The highest BCUT2D eigenvalue weighted by Crippen LogP contribution is 2.28. The molecule has 0 bridgehead atoms. The van der Waals surface area contributed by atoms with Gasteiger partial charge in [-0.15, -0.1) is 0 Å². The number of rotatable bonds is 4. The number of carboxylic acids is 1. The molecule has 0 aliphatic rings. The monoisotopic (exact) mass is 226 g/mol. The molecule has 1 aromatic rings. The number of hydrogen-bond donors (Lipinski definition) is 2. The standard InChI is InChI=1S/C9H10N2O5/c1-5-2-8(16-4-10)6(9(12)13)3-7(5)11(14)15/h2-3H,4,10H2,1H3,(H,12,13). The molecule has 0 amide bonds. The summed E-state index contributed by atoms with van der Waals surface area (Å²) in [5.41, 5.74) is 4.91.